The van der Waals surface area contributed by atoms with Gasteiger partial charge in [-0.1, -0.05) is 48.9 Å². The molecule has 2 rings (SSSR count). The van der Waals surface area contributed by atoms with Crippen LogP contribution in [0.3, 0.4) is 0 Å². The van der Waals surface area contributed by atoms with Crippen molar-refractivity contribution in [1.82, 2.24) is 0 Å². The van der Waals surface area contributed by atoms with Gasteiger partial charge in [0.25, 0.3) is 0 Å². The summed E-state index contributed by atoms with van der Waals surface area (Å²) in [7, 11) is 1.84. The number of hydrazine groups is 1. The molecule has 2 aromatic rings. The summed E-state index contributed by atoms with van der Waals surface area (Å²) in [5.74, 6) is 6.85. The molecule has 28 heavy (non-hydrogen) atoms. The number of nitrogens with zero attached hydrogens (tertiary/aromatic N) is 3. The predicted octanol–water partition coefficient (Wildman–Crippen LogP) is 4.80. The van der Waals surface area contributed by atoms with Crippen molar-refractivity contribution in [2.24, 2.45) is 16.0 Å². The Morgan fingerprint density at radius 1 is 1.32 bits per heavy atom. The van der Waals surface area contributed by atoms with Gasteiger partial charge in [-0.15, -0.1) is 5.10 Å². The van der Waals surface area contributed by atoms with Gasteiger partial charge in [0.15, 0.2) is 5.17 Å². The number of halogens is 1. The van der Waals surface area contributed by atoms with Crippen LogP contribution in [0.5, 0.6) is 5.75 Å². The average Bonchev–Trinajstić information content (AvgIpc) is 2.67. The second-order valence-electron chi connectivity index (χ2n) is 6.44. The molecule has 5 nitrogen and oxygen atoms in total. The van der Waals surface area contributed by atoms with E-state index in [2.05, 4.69) is 36.0 Å². The molecule has 0 aromatic heterocycles. The first-order valence-corrected chi connectivity index (χ1v) is 9.51. The lowest BCUT2D eigenvalue weighted by molar-refractivity contribution is 0.303. The first kappa shape index (κ1) is 21.7. The summed E-state index contributed by atoms with van der Waals surface area (Å²) in [5, 5.41) is 8.98. The van der Waals surface area contributed by atoms with Crippen molar-refractivity contribution in [3.05, 3.63) is 70.8 Å². The maximum atomic E-state index is 6.13. The van der Waals surface area contributed by atoms with E-state index >= 15 is 0 Å². The van der Waals surface area contributed by atoms with Crippen molar-refractivity contribution in [3.63, 3.8) is 0 Å². The zero-order chi connectivity index (χ0) is 20.5. The Morgan fingerprint density at radius 3 is 2.75 bits per heavy atom. The van der Waals surface area contributed by atoms with Gasteiger partial charge in [-0.2, -0.15) is 5.10 Å². The second-order valence-corrected chi connectivity index (χ2v) is 6.83. The number of ether oxygens (including phenoxy) is 1. The Labute approximate surface area is 172 Å². The Bertz CT molecular complexity index is 875. The summed E-state index contributed by atoms with van der Waals surface area (Å²) in [6.07, 6.45) is 5.32. The van der Waals surface area contributed by atoms with Gasteiger partial charge >= 0.3 is 0 Å². The zero-order valence-corrected chi connectivity index (χ0v) is 17.4. The number of allylic oxidation sites excluding steroid dienone is 2. The maximum Gasteiger partial charge on any atom is 0.151 e. The van der Waals surface area contributed by atoms with E-state index in [1.54, 1.807) is 11.1 Å². The molecule has 0 bridgehead atoms. The van der Waals surface area contributed by atoms with E-state index in [-0.39, 0.29) is 0 Å². The molecule has 0 aliphatic heterocycles. The van der Waals surface area contributed by atoms with E-state index in [0.29, 0.717) is 11.8 Å². The number of rotatable bonds is 9. The molecule has 0 amide bonds. The Balaban J connectivity index is 2.10. The molecule has 6 heteroatoms. The summed E-state index contributed by atoms with van der Waals surface area (Å²) in [5.41, 5.74) is 5.57. The lowest BCUT2D eigenvalue weighted by Gasteiger charge is -2.20. The summed E-state index contributed by atoms with van der Waals surface area (Å²) in [4.78, 5) is 0. The quantitative estimate of drug-likeness (QED) is 0.375. The fourth-order valence-electron chi connectivity index (χ4n) is 2.99. The lowest BCUT2D eigenvalue weighted by Crippen LogP contribution is -2.27. The average molecular weight is 399 g/mol. The minimum absolute atomic E-state index is 0.307. The van der Waals surface area contributed by atoms with E-state index < -0.39 is 0 Å². The topological polar surface area (TPSA) is 63.2 Å². The minimum atomic E-state index is 0.307. The van der Waals surface area contributed by atoms with Crippen molar-refractivity contribution in [3.8, 4) is 5.75 Å². The van der Waals surface area contributed by atoms with Gasteiger partial charge in [0.05, 0.1) is 5.69 Å². The van der Waals surface area contributed by atoms with Gasteiger partial charge in [0, 0.05) is 19.3 Å². The summed E-state index contributed by atoms with van der Waals surface area (Å²) in [6.45, 7) is 7.92. The zero-order valence-electron chi connectivity index (χ0n) is 16.7. The first-order valence-electron chi connectivity index (χ1n) is 9.13. The second kappa shape index (κ2) is 10.6. The number of nitrogens with two attached hydrogens (primary N) is 1. The van der Waals surface area contributed by atoms with Crippen LogP contribution >= 0.6 is 11.6 Å². The fraction of sp³-hybridized carbons (Fsp3) is 0.273. The van der Waals surface area contributed by atoms with Gasteiger partial charge in [0.2, 0.25) is 0 Å². The van der Waals surface area contributed by atoms with E-state index in [1.165, 1.54) is 5.56 Å². The maximum absolute atomic E-state index is 6.13. The molecule has 0 saturated carbocycles. The van der Waals surface area contributed by atoms with Crippen molar-refractivity contribution < 1.29 is 4.74 Å². The third-order valence-electron chi connectivity index (χ3n) is 4.40. The van der Waals surface area contributed by atoms with E-state index in [9.17, 15) is 0 Å². The van der Waals surface area contributed by atoms with Crippen molar-refractivity contribution >= 4 is 29.2 Å². The number of benzene rings is 2. The van der Waals surface area contributed by atoms with E-state index in [1.807, 2.05) is 44.3 Å². The molecule has 0 unspecified atom stereocenters. The van der Waals surface area contributed by atoms with Crippen LogP contribution in [0.1, 0.15) is 29.2 Å². The summed E-state index contributed by atoms with van der Waals surface area (Å²) >= 11 is 5.86. The Hall–Kier alpha value is -2.63. The highest BCUT2D eigenvalue weighted by molar-refractivity contribution is 6.68. The third-order valence-corrected chi connectivity index (χ3v) is 4.60. The normalized spacial score (nSPS) is 11.7. The van der Waals surface area contributed by atoms with Gasteiger partial charge < -0.3 is 9.75 Å². The SMILES string of the molecule is C=N/N=C(Cl)\C=C/Cc1ccc(OCc2c(CC)cccc2N(C)N)c(C)c1. The Kier molecular flexibility index (Phi) is 8.23. The Morgan fingerprint density at radius 2 is 2.11 bits per heavy atom. The molecule has 2 N–H and O–H groups in total. The van der Waals surface area contributed by atoms with Crippen LogP contribution in [0.25, 0.3) is 0 Å². The predicted molar refractivity (Wildman–Crippen MR) is 120 cm³/mol. The monoisotopic (exact) mass is 398 g/mol. The molecular weight excluding hydrogens is 372 g/mol. The van der Waals surface area contributed by atoms with Crippen molar-refractivity contribution in [1.29, 1.82) is 0 Å². The third kappa shape index (κ3) is 5.94. The first-order chi connectivity index (χ1) is 13.5. The molecule has 0 saturated heterocycles. The molecule has 0 aliphatic carbocycles. The number of hydrogen-bond acceptors (Lipinski definition) is 5. The number of aryl methyl sites for hydroxylation is 2. The molecule has 0 aliphatic rings. The highest BCUT2D eigenvalue weighted by Gasteiger charge is 2.11. The van der Waals surface area contributed by atoms with Crippen LogP contribution in [-0.4, -0.2) is 18.9 Å². The van der Waals surface area contributed by atoms with Crippen molar-refractivity contribution in [2.45, 2.75) is 33.3 Å². The standard InChI is InChI=1S/C22H27ClN4O/c1-5-18-9-7-10-20(27(4)24)19(18)15-28-21-13-12-17(14-16(21)2)8-6-11-22(23)26-25-3/h6-7,9-14H,3,5,8,15,24H2,1-2,4H3/b11-6-,26-22+. The molecular formula is C22H27ClN4O. The molecule has 0 heterocycles. The van der Waals surface area contributed by atoms with Crippen LogP contribution in [0.15, 0.2) is 58.8 Å². The fourth-order valence-corrected chi connectivity index (χ4v) is 3.14. The molecule has 0 spiro atoms. The van der Waals surface area contributed by atoms with Crippen LogP contribution in [0.2, 0.25) is 0 Å². The van der Waals surface area contributed by atoms with Crippen LogP contribution in [-0.2, 0) is 19.4 Å². The molecule has 0 atom stereocenters. The summed E-state index contributed by atoms with van der Waals surface area (Å²) in [6, 6.07) is 12.3. The van der Waals surface area contributed by atoms with E-state index in [0.717, 1.165) is 41.0 Å². The molecule has 2 aromatic carbocycles. The molecule has 0 fully saturated rings. The van der Waals surface area contributed by atoms with Crippen molar-refractivity contribution in [2.75, 3.05) is 12.1 Å². The molecule has 148 valence electrons. The van der Waals surface area contributed by atoms with Gasteiger partial charge in [-0.25, -0.2) is 5.84 Å². The summed E-state index contributed by atoms with van der Waals surface area (Å²) < 4.78 is 6.13. The highest BCUT2D eigenvalue weighted by Crippen LogP contribution is 2.26. The molecule has 0 radical (unpaired) electrons. The largest absolute Gasteiger partial charge is 0.489 e. The lowest BCUT2D eigenvalue weighted by atomic mass is 10.0. The number of hydrogen-bond donors (Lipinski definition) is 1. The van der Waals surface area contributed by atoms with Crippen LogP contribution < -0.4 is 15.6 Å². The van der Waals surface area contributed by atoms with E-state index in [4.69, 9.17) is 22.2 Å². The van der Waals surface area contributed by atoms with Crippen LogP contribution in [0, 0.1) is 6.92 Å². The minimum Gasteiger partial charge on any atom is -0.489 e. The highest BCUT2D eigenvalue weighted by atomic mass is 35.5. The van der Waals surface area contributed by atoms with Gasteiger partial charge in [0.1, 0.15) is 12.4 Å². The number of anilines is 1. The van der Waals surface area contributed by atoms with Gasteiger partial charge in [-0.05, 0) is 54.7 Å². The van der Waals surface area contributed by atoms with Gasteiger partial charge in [-0.3, -0.25) is 0 Å². The smallest absolute Gasteiger partial charge is 0.151 e. The van der Waals surface area contributed by atoms with Crippen LogP contribution in [0.4, 0.5) is 5.69 Å².